The number of hydrogen-bond donors (Lipinski definition) is 1. The van der Waals surface area contributed by atoms with Gasteiger partial charge in [-0.25, -0.2) is 12.7 Å². The third-order valence-electron chi connectivity index (χ3n) is 3.74. The molecule has 0 aromatic heterocycles. The van der Waals surface area contributed by atoms with Gasteiger partial charge in [0, 0.05) is 45.8 Å². The molecule has 0 amide bonds. The maximum atomic E-state index is 12.0. The van der Waals surface area contributed by atoms with Gasteiger partial charge in [0.05, 0.1) is 4.90 Å². The van der Waals surface area contributed by atoms with Crippen molar-refractivity contribution in [1.29, 1.82) is 0 Å². The zero-order valence-corrected chi connectivity index (χ0v) is 14.0. The van der Waals surface area contributed by atoms with Crippen molar-refractivity contribution in [3.63, 3.8) is 0 Å². The molecule has 2 atom stereocenters. The van der Waals surface area contributed by atoms with E-state index in [1.165, 1.54) is 4.31 Å². The van der Waals surface area contributed by atoms with Gasteiger partial charge in [0.25, 0.3) is 0 Å². The predicted octanol–water partition coefficient (Wildman–Crippen LogP) is 1.12. The Labute approximate surface area is 128 Å². The lowest BCUT2D eigenvalue weighted by Gasteiger charge is -2.36. The minimum absolute atomic E-state index is 0.346. The molecule has 1 aromatic carbocycles. The van der Waals surface area contributed by atoms with Gasteiger partial charge in [0.2, 0.25) is 10.0 Å². The second-order valence-corrected chi connectivity index (χ2v) is 8.25. The van der Waals surface area contributed by atoms with Gasteiger partial charge in [0.15, 0.2) is 0 Å². The maximum absolute atomic E-state index is 12.0. The molecule has 1 heterocycles. The van der Waals surface area contributed by atoms with E-state index in [4.69, 9.17) is 0 Å². The number of piperazine rings is 1. The van der Waals surface area contributed by atoms with E-state index in [-0.39, 0.29) is 0 Å². The summed E-state index contributed by atoms with van der Waals surface area (Å²) in [4.78, 5) is 2.75. The lowest BCUT2D eigenvalue weighted by atomic mass is 10.1. The summed E-state index contributed by atoms with van der Waals surface area (Å²) in [6.45, 7) is 7.27. The lowest BCUT2D eigenvalue weighted by Crippen LogP contribution is -2.53. The first-order valence-corrected chi connectivity index (χ1v) is 8.73. The smallest absolute Gasteiger partial charge is 0.242 e. The van der Waals surface area contributed by atoms with E-state index in [1.807, 2.05) is 12.1 Å². The number of hydrogen-bond acceptors (Lipinski definition) is 4. The first-order valence-electron chi connectivity index (χ1n) is 7.29. The van der Waals surface area contributed by atoms with Crippen LogP contribution in [0.4, 0.5) is 0 Å². The van der Waals surface area contributed by atoms with Crippen LogP contribution in [0.3, 0.4) is 0 Å². The summed E-state index contributed by atoms with van der Waals surface area (Å²) < 4.78 is 25.3. The van der Waals surface area contributed by atoms with E-state index in [9.17, 15) is 8.42 Å². The first-order chi connectivity index (χ1) is 9.79. The van der Waals surface area contributed by atoms with Gasteiger partial charge in [-0.1, -0.05) is 12.1 Å². The molecule has 6 heteroatoms. The number of rotatable bonds is 4. The molecular weight excluding hydrogens is 286 g/mol. The van der Waals surface area contributed by atoms with Crippen molar-refractivity contribution in [3.8, 4) is 0 Å². The van der Waals surface area contributed by atoms with Crippen LogP contribution < -0.4 is 5.32 Å². The van der Waals surface area contributed by atoms with E-state index in [0.29, 0.717) is 17.0 Å². The summed E-state index contributed by atoms with van der Waals surface area (Å²) in [6.07, 6.45) is 0. The van der Waals surface area contributed by atoms with Gasteiger partial charge >= 0.3 is 0 Å². The highest BCUT2D eigenvalue weighted by Crippen LogP contribution is 2.16. The van der Waals surface area contributed by atoms with Gasteiger partial charge in [-0.3, -0.25) is 4.90 Å². The Morgan fingerprint density at radius 1 is 1.14 bits per heavy atom. The van der Waals surface area contributed by atoms with Crippen LogP contribution >= 0.6 is 0 Å². The third kappa shape index (κ3) is 4.03. The topological polar surface area (TPSA) is 52.7 Å². The van der Waals surface area contributed by atoms with E-state index in [2.05, 4.69) is 24.1 Å². The van der Waals surface area contributed by atoms with Crippen LogP contribution in [-0.2, 0) is 16.6 Å². The molecule has 0 bridgehead atoms. The molecule has 0 spiro atoms. The molecular formula is C15H25N3O2S. The summed E-state index contributed by atoms with van der Waals surface area (Å²) in [6, 6.07) is 8.19. The maximum Gasteiger partial charge on any atom is 0.242 e. The third-order valence-corrected chi connectivity index (χ3v) is 5.57. The van der Waals surface area contributed by atoms with Crippen molar-refractivity contribution in [2.75, 3.05) is 27.2 Å². The number of nitrogens with zero attached hydrogens (tertiary/aromatic N) is 2. The van der Waals surface area contributed by atoms with Crippen LogP contribution in [0.1, 0.15) is 19.4 Å². The monoisotopic (exact) mass is 311 g/mol. The largest absolute Gasteiger partial charge is 0.309 e. The first kappa shape index (κ1) is 16.4. The molecule has 2 rings (SSSR count). The van der Waals surface area contributed by atoms with Crippen molar-refractivity contribution in [1.82, 2.24) is 14.5 Å². The number of sulfonamides is 1. The Bertz CT molecular complexity index is 559. The summed E-state index contributed by atoms with van der Waals surface area (Å²) in [7, 11) is -0.238. The van der Waals surface area contributed by atoms with E-state index in [0.717, 1.165) is 25.2 Å². The molecule has 1 saturated heterocycles. The molecule has 1 fully saturated rings. The minimum Gasteiger partial charge on any atom is -0.309 e. The second-order valence-electron chi connectivity index (χ2n) is 6.09. The molecule has 5 nitrogen and oxygen atoms in total. The van der Waals surface area contributed by atoms with Crippen molar-refractivity contribution < 1.29 is 8.42 Å². The highest BCUT2D eigenvalue weighted by Gasteiger charge is 2.21. The van der Waals surface area contributed by atoms with Crippen LogP contribution in [0.15, 0.2) is 29.2 Å². The Hall–Kier alpha value is -0.950. The van der Waals surface area contributed by atoms with Crippen molar-refractivity contribution in [3.05, 3.63) is 29.8 Å². The van der Waals surface area contributed by atoms with Crippen molar-refractivity contribution in [2.45, 2.75) is 37.4 Å². The molecule has 21 heavy (non-hydrogen) atoms. The van der Waals surface area contributed by atoms with Crippen LogP contribution in [0.2, 0.25) is 0 Å². The Kier molecular flexibility index (Phi) is 5.03. The summed E-state index contributed by atoms with van der Waals surface area (Å²) >= 11 is 0. The van der Waals surface area contributed by atoms with Crippen molar-refractivity contribution >= 4 is 10.0 Å². The molecule has 2 unspecified atom stereocenters. The Morgan fingerprint density at radius 2 is 1.67 bits per heavy atom. The predicted molar refractivity (Wildman–Crippen MR) is 84.7 cm³/mol. The Morgan fingerprint density at radius 3 is 2.14 bits per heavy atom. The standard InChI is InChI=1S/C15H25N3O2S/c1-12-9-18(10-13(2)16-12)11-14-5-7-15(8-6-14)21(19,20)17(3)4/h5-8,12-13,16H,9-11H2,1-4H3. The van der Waals surface area contributed by atoms with Gasteiger partial charge in [-0.05, 0) is 31.5 Å². The van der Waals surface area contributed by atoms with Crippen LogP contribution in [0.5, 0.6) is 0 Å². The van der Waals surface area contributed by atoms with Gasteiger partial charge in [-0.15, -0.1) is 0 Å². The summed E-state index contributed by atoms with van der Waals surface area (Å²) in [5, 5.41) is 3.51. The summed E-state index contributed by atoms with van der Waals surface area (Å²) in [5.41, 5.74) is 1.15. The number of nitrogens with one attached hydrogen (secondary N) is 1. The van der Waals surface area contributed by atoms with Crippen LogP contribution in [0, 0.1) is 0 Å². The Balaban J connectivity index is 2.06. The van der Waals surface area contributed by atoms with Crippen molar-refractivity contribution in [2.24, 2.45) is 0 Å². The van der Waals surface area contributed by atoms with Gasteiger partial charge < -0.3 is 5.32 Å². The fourth-order valence-electron chi connectivity index (χ4n) is 2.81. The van der Waals surface area contributed by atoms with Crippen LogP contribution in [0.25, 0.3) is 0 Å². The molecule has 1 N–H and O–H groups in total. The number of benzene rings is 1. The highest BCUT2D eigenvalue weighted by atomic mass is 32.2. The molecule has 1 aliphatic heterocycles. The SMILES string of the molecule is CC1CN(Cc2ccc(S(=O)(=O)N(C)C)cc2)CC(C)N1. The molecule has 118 valence electrons. The minimum atomic E-state index is -3.33. The summed E-state index contributed by atoms with van der Waals surface area (Å²) in [5.74, 6) is 0. The van der Waals surface area contributed by atoms with Gasteiger partial charge in [0.1, 0.15) is 0 Å². The zero-order valence-electron chi connectivity index (χ0n) is 13.2. The van der Waals surface area contributed by atoms with Gasteiger partial charge in [-0.2, -0.15) is 0 Å². The van der Waals surface area contributed by atoms with Crippen LogP contribution in [-0.4, -0.2) is 56.9 Å². The molecule has 1 aromatic rings. The normalized spacial score (nSPS) is 24.4. The van der Waals surface area contributed by atoms with E-state index >= 15 is 0 Å². The average Bonchev–Trinajstić information content (AvgIpc) is 2.37. The van der Waals surface area contributed by atoms with E-state index in [1.54, 1.807) is 26.2 Å². The van der Waals surface area contributed by atoms with E-state index < -0.39 is 10.0 Å². The molecule has 0 aliphatic carbocycles. The quantitative estimate of drug-likeness (QED) is 0.905. The molecule has 0 radical (unpaired) electrons. The molecule has 0 saturated carbocycles. The molecule has 1 aliphatic rings. The average molecular weight is 311 g/mol. The second kappa shape index (κ2) is 6.44. The fourth-order valence-corrected chi connectivity index (χ4v) is 3.71. The zero-order chi connectivity index (χ0) is 15.6. The fraction of sp³-hybridized carbons (Fsp3) is 0.600. The lowest BCUT2D eigenvalue weighted by molar-refractivity contribution is 0.166. The highest BCUT2D eigenvalue weighted by molar-refractivity contribution is 7.89.